The first-order chi connectivity index (χ1) is 18.6. The molecule has 4 rings (SSSR count). The van der Waals surface area contributed by atoms with Gasteiger partial charge >= 0.3 is 5.97 Å². The number of carbonyl (C=O) groups excluding carboxylic acids is 1. The number of hydrogen-bond acceptors (Lipinski definition) is 7. The Bertz CT molecular complexity index is 1310. The molecule has 7 heteroatoms. The van der Waals surface area contributed by atoms with Crippen LogP contribution in [0.5, 0.6) is 28.7 Å². The average molecular weight is 515 g/mol. The van der Waals surface area contributed by atoms with Crippen molar-refractivity contribution in [3.8, 4) is 28.7 Å². The van der Waals surface area contributed by atoms with Crippen LogP contribution in [0.3, 0.4) is 0 Å². The Morgan fingerprint density at radius 2 is 1.00 bits per heavy atom. The van der Waals surface area contributed by atoms with Gasteiger partial charge in [0.25, 0.3) is 0 Å². The zero-order valence-electron chi connectivity index (χ0n) is 21.6. The Morgan fingerprint density at radius 1 is 0.553 bits per heavy atom. The SMILES string of the molecule is COc1ccc(COC(=O)c2cccc(OCc3ccc(OC)cc3)c2OCc2ccc(OC)cc2)cc1. The lowest BCUT2D eigenvalue weighted by atomic mass is 10.1. The largest absolute Gasteiger partial charge is 0.497 e. The van der Waals surface area contributed by atoms with Crippen molar-refractivity contribution in [1.29, 1.82) is 0 Å². The molecule has 0 amide bonds. The first kappa shape index (κ1) is 26.4. The summed E-state index contributed by atoms with van der Waals surface area (Å²) in [4.78, 5) is 13.1. The van der Waals surface area contributed by atoms with Crippen molar-refractivity contribution in [3.05, 3.63) is 113 Å². The molecule has 4 aromatic rings. The molecule has 0 heterocycles. The van der Waals surface area contributed by atoms with E-state index in [2.05, 4.69) is 0 Å². The van der Waals surface area contributed by atoms with E-state index in [4.69, 9.17) is 28.4 Å². The second-order valence-electron chi connectivity index (χ2n) is 8.33. The molecule has 0 radical (unpaired) electrons. The molecule has 0 unspecified atom stereocenters. The zero-order chi connectivity index (χ0) is 26.7. The third-order valence-corrected chi connectivity index (χ3v) is 5.82. The van der Waals surface area contributed by atoms with Gasteiger partial charge in [-0.1, -0.05) is 42.5 Å². The highest BCUT2D eigenvalue weighted by molar-refractivity contribution is 5.93. The molecule has 0 bridgehead atoms. The van der Waals surface area contributed by atoms with E-state index in [9.17, 15) is 4.79 Å². The van der Waals surface area contributed by atoms with Gasteiger partial charge in [-0.3, -0.25) is 0 Å². The number of ether oxygens (including phenoxy) is 6. The summed E-state index contributed by atoms with van der Waals surface area (Å²) >= 11 is 0. The van der Waals surface area contributed by atoms with Gasteiger partial charge in [0.1, 0.15) is 42.6 Å². The first-order valence-corrected chi connectivity index (χ1v) is 12.0. The second kappa shape index (κ2) is 13.1. The molecule has 0 atom stereocenters. The van der Waals surface area contributed by atoms with Crippen molar-refractivity contribution in [2.75, 3.05) is 21.3 Å². The van der Waals surface area contributed by atoms with Crippen LogP contribution < -0.4 is 23.7 Å². The van der Waals surface area contributed by atoms with Crippen molar-refractivity contribution in [2.24, 2.45) is 0 Å². The molecule has 0 fully saturated rings. The van der Waals surface area contributed by atoms with Crippen molar-refractivity contribution >= 4 is 5.97 Å². The third-order valence-electron chi connectivity index (χ3n) is 5.82. The fourth-order valence-electron chi connectivity index (χ4n) is 3.65. The minimum atomic E-state index is -0.513. The van der Waals surface area contributed by atoms with Crippen LogP contribution in [-0.4, -0.2) is 27.3 Å². The van der Waals surface area contributed by atoms with Crippen LogP contribution >= 0.6 is 0 Å². The number of rotatable bonds is 12. The second-order valence-corrected chi connectivity index (χ2v) is 8.33. The summed E-state index contributed by atoms with van der Waals surface area (Å²) in [6.07, 6.45) is 0. The number of methoxy groups -OCH3 is 3. The summed E-state index contributed by atoms with van der Waals surface area (Å²) in [5, 5.41) is 0. The molecule has 0 N–H and O–H groups in total. The lowest BCUT2D eigenvalue weighted by molar-refractivity contribution is 0.0466. The molecule has 7 nitrogen and oxygen atoms in total. The van der Waals surface area contributed by atoms with E-state index in [1.165, 1.54) is 0 Å². The van der Waals surface area contributed by atoms with Crippen LogP contribution in [0.15, 0.2) is 91.0 Å². The summed E-state index contributed by atoms with van der Waals surface area (Å²) in [5.74, 6) is 2.49. The van der Waals surface area contributed by atoms with Crippen LogP contribution in [0.25, 0.3) is 0 Å². The van der Waals surface area contributed by atoms with Crippen LogP contribution in [-0.2, 0) is 24.6 Å². The van der Waals surface area contributed by atoms with E-state index in [0.717, 1.165) is 33.9 Å². The Kier molecular flexibility index (Phi) is 9.07. The quantitative estimate of drug-likeness (QED) is 0.208. The van der Waals surface area contributed by atoms with Crippen molar-refractivity contribution in [3.63, 3.8) is 0 Å². The Balaban J connectivity index is 1.53. The van der Waals surface area contributed by atoms with Gasteiger partial charge in [-0.2, -0.15) is 0 Å². The monoisotopic (exact) mass is 514 g/mol. The highest BCUT2D eigenvalue weighted by atomic mass is 16.5. The van der Waals surface area contributed by atoms with Crippen LogP contribution in [0.4, 0.5) is 0 Å². The first-order valence-electron chi connectivity index (χ1n) is 12.0. The molecule has 0 saturated heterocycles. The Morgan fingerprint density at radius 3 is 1.47 bits per heavy atom. The topological polar surface area (TPSA) is 72.5 Å². The molecular weight excluding hydrogens is 484 g/mol. The van der Waals surface area contributed by atoms with Gasteiger partial charge in [0.05, 0.1) is 21.3 Å². The van der Waals surface area contributed by atoms with Crippen LogP contribution in [0.1, 0.15) is 27.0 Å². The normalized spacial score (nSPS) is 10.4. The lowest BCUT2D eigenvalue weighted by Gasteiger charge is -2.17. The number of carbonyl (C=O) groups is 1. The summed E-state index contributed by atoms with van der Waals surface area (Å²) in [6.45, 7) is 0.622. The predicted molar refractivity (Wildman–Crippen MR) is 143 cm³/mol. The summed E-state index contributed by atoms with van der Waals surface area (Å²) in [7, 11) is 4.84. The molecule has 0 aliphatic rings. The van der Waals surface area contributed by atoms with Gasteiger partial charge in [-0.05, 0) is 65.2 Å². The standard InChI is InChI=1S/C31H30O7/c1-33-25-13-7-22(8-14-25)19-36-29-6-4-5-28(30(29)37-20-23-9-15-26(34-2)16-10-23)31(32)38-21-24-11-17-27(35-3)18-12-24/h4-18H,19-21H2,1-3H3. The van der Waals surface area contributed by atoms with Crippen molar-refractivity contribution < 1.29 is 33.2 Å². The molecule has 0 aliphatic heterocycles. The summed E-state index contributed by atoms with van der Waals surface area (Å²) < 4.78 is 33.5. The number of hydrogen-bond donors (Lipinski definition) is 0. The van der Waals surface area contributed by atoms with Gasteiger partial charge in [0, 0.05) is 0 Å². The van der Waals surface area contributed by atoms with E-state index < -0.39 is 5.97 Å². The maximum absolute atomic E-state index is 13.1. The number of para-hydroxylation sites is 1. The number of esters is 1. The van der Waals surface area contributed by atoms with E-state index in [0.29, 0.717) is 11.5 Å². The highest BCUT2D eigenvalue weighted by Crippen LogP contribution is 2.34. The smallest absolute Gasteiger partial charge is 0.342 e. The van der Waals surface area contributed by atoms with Crippen molar-refractivity contribution in [2.45, 2.75) is 19.8 Å². The lowest BCUT2D eigenvalue weighted by Crippen LogP contribution is -2.10. The van der Waals surface area contributed by atoms with Crippen LogP contribution in [0.2, 0.25) is 0 Å². The highest BCUT2D eigenvalue weighted by Gasteiger charge is 2.20. The molecule has 0 spiro atoms. The fraction of sp³-hybridized carbons (Fsp3) is 0.194. The molecule has 196 valence electrons. The summed E-state index contributed by atoms with van der Waals surface area (Å²) in [5.41, 5.74) is 2.97. The maximum Gasteiger partial charge on any atom is 0.342 e. The fourth-order valence-corrected chi connectivity index (χ4v) is 3.65. The minimum absolute atomic E-state index is 0.109. The van der Waals surface area contributed by atoms with E-state index in [1.807, 2.05) is 72.8 Å². The van der Waals surface area contributed by atoms with E-state index >= 15 is 0 Å². The molecular formula is C31H30O7. The maximum atomic E-state index is 13.1. The zero-order valence-corrected chi connectivity index (χ0v) is 21.6. The predicted octanol–water partition coefficient (Wildman–Crippen LogP) is 6.23. The van der Waals surface area contributed by atoms with Gasteiger partial charge in [-0.15, -0.1) is 0 Å². The van der Waals surface area contributed by atoms with Gasteiger partial charge < -0.3 is 28.4 Å². The van der Waals surface area contributed by atoms with E-state index in [1.54, 1.807) is 39.5 Å². The van der Waals surface area contributed by atoms with Crippen LogP contribution in [0, 0.1) is 0 Å². The van der Waals surface area contributed by atoms with Gasteiger partial charge in [0.2, 0.25) is 0 Å². The molecule has 38 heavy (non-hydrogen) atoms. The minimum Gasteiger partial charge on any atom is -0.497 e. The molecule has 0 aromatic heterocycles. The van der Waals surface area contributed by atoms with E-state index in [-0.39, 0.29) is 25.4 Å². The average Bonchev–Trinajstić information content (AvgIpc) is 2.98. The Hall–Kier alpha value is -4.65. The molecule has 0 saturated carbocycles. The van der Waals surface area contributed by atoms with Crippen molar-refractivity contribution in [1.82, 2.24) is 0 Å². The Labute approximate surface area is 222 Å². The molecule has 4 aromatic carbocycles. The number of benzene rings is 4. The van der Waals surface area contributed by atoms with Gasteiger partial charge in [0.15, 0.2) is 11.5 Å². The summed E-state index contributed by atoms with van der Waals surface area (Å²) in [6, 6.07) is 27.6. The third kappa shape index (κ3) is 6.97. The van der Waals surface area contributed by atoms with Gasteiger partial charge in [-0.25, -0.2) is 4.79 Å². The molecule has 0 aliphatic carbocycles.